The highest BCUT2D eigenvalue weighted by molar-refractivity contribution is 7.51. The van der Waals surface area contributed by atoms with Crippen molar-refractivity contribution < 1.29 is 8.42 Å². The normalized spacial score (nSPS) is 11.7. The van der Waals surface area contributed by atoms with Gasteiger partial charge in [0.2, 0.25) is 0 Å². The van der Waals surface area contributed by atoms with Gasteiger partial charge in [-0.3, -0.25) is 0 Å². The molecular weight excluding hydrogens is 148 g/mol. The van der Waals surface area contributed by atoms with Crippen molar-refractivity contribution in [3.63, 3.8) is 0 Å². The van der Waals surface area contributed by atoms with E-state index >= 15 is 0 Å². The molecule has 0 aromatic rings. The van der Waals surface area contributed by atoms with Gasteiger partial charge in [0.15, 0.2) is 0 Å². The van der Waals surface area contributed by atoms with Crippen LogP contribution in [-0.2, 0) is 11.6 Å². The Hall–Kier alpha value is -0.180. The molecule has 0 saturated heterocycles. The molecule has 62 valence electrons. The first-order chi connectivity index (χ1) is 4.59. The molecule has 0 unspecified atom stereocenters. The fourth-order valence-corrected chi connectivity index (χ4v) is 0.471. The van der Waals surface area contributed by atoms with Gasteiger partial charge in [0.1, 0.15) is 0 Å². The fourth-order valence-electron chi connectivity index (χ4n) is 0.471. The third kappa shape index (κ3) is 10.7. The summed E-state index contributed by atoms with van der Waals surface area (Å²) in [6.45, 7) is 9.08. The van der Waals surface area contributed by atoms with Crippen molar-refractivity contribution in [2.75, 3.05) is 0 Å². The molecule has 0 saturated carbocycles. The maximum Gasteiger partial charge on any atom is 0.335 e. The van der Waals surface area contributed by atoms with Crippen molar-refractivity contribution in [1.29, 1.82) is 0 Å². The van der Waals surface area contributed by atoms with Gasteiger partial charge in [-0.1, -0.05) is 34.1 Å². The number of hydrogen-bond donors (Lipinski definition) is 0. The van der Waals surface area contributed by atoms with E-state index in [1.807, 2.05) is 0 Å². The van der Waals surface area contributed by atoms with Crippen LogP contribution in [0.25, 0.3) is 0 Å². The summed E-state index contributed by atoms with van der Waals surface area (Å²) < 4.78 is 16.6. The second-order valence-corrected chi connectivity index (χ2v) is 2.83. The largest absolute Gasteiger partial charge is 0.335 e. The Kier molecular flexibility index (Phi) is 11.0. The molecule has 3 heteroatoms. The molecule has 0 amide bonds. The molecule has 10 heavy (non-hydrogen) atoms. The molecule has 0 aromatic heterocycles. The van der Waals surface area contributed by atoms with Crippen molar-refractivity contribution in [3.05, 3.63) is 0 Å². The Morgan fingerprint density at radius 2 is 1.50 bits per heavy atom. The van der Waals surface area contributed by atoms with E-state index < -0.39 is 11.6 Å². The first-order valence-corrected chi connectivity index (χ1v) is 4.18. The van der Waals surface area contributed by atoms with Crippen LogP contribution in [0.4, 0.5) is 0 Å². The lowest BCUT2D eigenvalue weighted by atomic mass is 9.96. The lowest BCUT2D eigenvalue weighted by Gasteiger charge is -2.10. The summed E-state index contributed by atoms with van der Waals surface area (Å²) in [5.74, 6) is 1.77. The topological polar surface area (TPSA) is 34.1 Å². The van der Waals surface area contributed by atoms with Gasteiger partial charge in [-0.2, -0.15) is 8.42 Å². The maximum absolute atomic E-state index is 8.29. The molecule has 0 aliphatic rings. The van der Waals surface area contributed by atoms with Crippen molar-refractivity contribution in [1.82, 2.24) is 0 Å². The highest BCUT2D eigenvalue weighted by Gasteiger charge is 2.01. The van der Waals surface area contributed by atoms with Crippen molar-refractivity contribution in [3.8, 4) is 0 Å². The Morgan fingerprint density at radius 3 is 1.50 bits per heavy atom. The molecule has 1 atom stereocenters. The highest BCUT2D eigenvalue weighted by Crippen LogP contribution is 2.11. The summed E-state index contributed by atoms with van der Waals surface area (Å²) in [5, 5.41) is 0. The fraction of sp³-hybridized carbons (Fsp3) is 1.00. The van der Waals surface area contributed by atoms with Crippen LogP contribution in [0.2, 0.25) is 0 Å². The van der Waals surface area contributed by atoms with Crippen molar-refractivity contribution >= 4 is 11.6 Å². The van der Waals surface area contributed by atoms with E-state index in [-0.39, 0.29) is 0 Å². The van der Waals surface area contributed by atoms with Gasteiger partial charge in [-0.05, 0) is 11.8 Å². The van der Waals surface area contributed by atoms with Crippen LogP contribution >= 0.6 is 0 Å². The molecular formula is C7H16O2S. The Morgan fingerprint density at radius 1 is 1.20 bits per heavy atom. The summed E-state index contributed by atoms with van der Waals surface area (Å²) in [7, 11) is 0. The maximum atomic E-state index is 8.29. The lowest BCUT2D eigenvalue weighted by molar-refractivity contribution is 0.407. The van der Waals surface area contributed by atoms with Gasteiger partial charge in [-0.15, -0.1) is 0 Å². The van der Waals surface area contributed by atoms with Gasteiger partial charge in [0.25, 0.3) is 0 Å². The minimum atomic E-state index is -0.750. The molecule has 0 aliphatic heterocycles. The molecule has 0 aliphatic carbocycles. The molecule has 2 nitrogen and oxygen atoms in total. The molecule has 0 fully saturated rings. The highest BCUT2D eigenvalue weighted by atomic mass is 32.1. The minimum Gasteiger partial charge on any atom is -0.168 e. The third-order valence-electron chi connectivity index (χ3n) is 1.78. The average Bonchev–Trinajstić information content (AvgIpc) is 1.88. The van der Waals surface area contributed by atoms with E-state index in [2.05, 4.69) is 27.7 Å². The van der Waals surface area contributed by atoms with E-state index in [4.69, 9.17) is 8.42 Å². The lowest BCUT2D eigenvalue weighted by Crippen LogP contribution is -2.00. The predicted octanol–water partition coefficient (Wildman–Crippen LogP) is 2.02. The van der Waals surface area contributed by atoms with Gasteiger partial charge in [0.05, 0.1) is 0 Å². The summed E-state index contributed by atoms with van der Waals surface area (Å²) in [6, 6.07) is 0. The van der Waals surface area contributed by atoms with Crippen LogP contribution in [0, 0.1) is 11.8 Å². The molecule has 0 heterocycles. The monoisotopic (exact) mass is 164 g/mol. The third-order valence-corrected chi connectivity index (χ3v) is 1.78. The average molecular weight is 164 g/mol. The van der Waals surface area contributed by atoms with Crippen LogP contribution in [-0.4, -0.2) is 8.42 Å². The smallest absolute Gasteiger partial charge is 0.168 e. The molecule has 0 aromatic carbocycles. The molecule has 0 N–H and O–H groups in total. The van der Waals surface area contributed by atoms with Crippen LogP contribution < -0.4 is 0 Å². The zero-order valence-electron chi connectivity index (χ0n) is 7.09. The van der Waals surface area contributed by atoms with E-state index in [1.165, 1.54) is 6.42 Å². The van der Waals surface area contributed by atoms with E-state index in [0.29, 0.717) is 0 Å². The summed E-state index contributed by atoms with van der Waals surface area (Å²) in [4.78, 5) is 0. The minimum absolute atomic E-state index is 0.750. The first-order valence-electron chi connectivity index (χ1n) is 3.51. The first kappa shape index (κ1) is 12.5. The molecule has 0 bridgehead atoms. The summed E-state index contributed by atoms with van der Waals surface area (Å²) in [5.41, 5.74) is 0. The predicted molar refractivity (Wildman–Crippen MR) is 43.2 cm³/mol. The summed E-state index contributed by atoms with van der Waals surface area (Å²) in [6.07, 6.45) is 1.32. The zero-order valence-corrected chi connectivity index (χ0v) is 7.90. The van der Waals surface area contributed by atoms with Gasteiger partial charge in [-0.25, -0.2) is 0 Å². The van der Waals surface area contributed by atoms with E-state index in [9.17, 15) is 0 Å². The molecule has 0 rings (SSSR count). The van der Waals surface area contributed by atoms with Crippen LogP contribution in [0.15, 0.2) is 0 Å². The Bertz CT molecular complexity index is 95.8. The van der Waals surface area contributed by atoms with E-state index in [0.717, 1.165) is 11.8 Å². The van der Waals surface area contributed by atoms with Crippen LogP contribution in [0.3, 0.4) is 0 Å². The zero-order chi connectivity index (χ0) is 8.57. The molecule has 0 spiro atoms. The second-order valence-electron chi connectivity index (χ2n) is 2.70. The van der Waals surface area contributed by atoms with Crippen molar-refractivity contribution in [2.45, 2.75) is 34.1 Å². The standard InChI is InChI=1S/C7H16.O2S/c1-5-7(4)6(2)3;1-3-2/h6-7H,5H2,1-4H3;/t7-;/m1./s1. The molecule has 0 radical (unpaired) electrons. The van der Waals surface area contributed by atoms with Crippen LogP contribution in [0.1, 0.15) is 34.1 Å². The van der Waals surface area contributed by atoms with Crippen LogP contribution in [0.5, 0.6) is 0 Å². The second kappa shape index (κ2) is 8.82. The van der Waals surface area contributed by atoms with Gasteiger partial charge < -0.3 is 0 Å². The SMILES string of the molecule is CC[C@@H](C)C(C)C.O=S=O. The van der Waals surface area contributed by atoms with Crippen molar-refractivity contribution in [2.24, 2.45) is 11.8 Å². The Labute approximate surface area is 66.6 Å². The summed E-state index contributed by atoms with van der Waals surface area (Å²) >= 11 is -0.750. The number of hydrogen-bond acceptors (Lipinski definition) is 2. The van der Waals surface area contributed by atoms with Gasteiger partial charge in [0, 0.05) is 0 Å². The Balaban J connectivity index is 0. The van der Waals surface area contributed by atoms with E-state index in [1.54, 1.807) is 0 Å². The number of rotatable bonds is 2. The quantitative estimate of drug-likeness (QED) is 0.625. The van der Waals surface area contributed by atoms with Gasteiger partial charge >= 0.3 is 11.6 Å².